The van der Waals surface area contributed by atoms with Crippen molar-refractivity contribution >= 4 is 17.7 Å². The average molecular weight is 371 g/mol. The Hall–Kier alpha value is -3.23. The highest BCUT2D eigenvalue weighted by atomic mass is 16.3. The van der Waals surface area contributed by atoms with E-state index in [1.54, 1.807) is 12.1 Å². The first kappa shape index (κ1) is 18.6. The van der Waals surface area contributed by atoms with Crippen LogP contribution in [0.2, 0.25) is 0 Å². The quantitative estimate of drug-likeness (QED) is 0.746. The van der Waals surface area contributed by atoms with Gasteiger partial charge in [-0.05, 0) is 25.5 Å². The van der Waals surface area contributed by atoms with E-state index in [1.807, 2.05) is 6.92 Å². The summed E-state index contributed by atoms with van der Waals surface area (Å²) < 4.78 is 5.17. The van der Waals surface area contributed by atoms with Crippen LogP contribution in [0.5, 0.6) is 0 Å². The van der Waals surface area contributed by atoms with Crippen molar-refractivity contribution in [2.75, 3.05) is 13.1 Å². The van der Waals surface area contributed by atoms with Gasteiger partial charge in [0.15, 0.2) is 5.76 Å². The van der Waals surface area contributed by atoms with Gasteiger partial charge in [-0.1, -0.05) is 0 Å². The molecular weight excluding hydrogens is 350 g/mol. The molecule has 1 aliphatic rings. The molecule has 3 rings (SSSR count). The Labute approximate surface area is 156 Å². The fourth-order valence-electron chi connectivity index (χ4n) is 3.11. The van der Waals surface area contributed by atoms with Gasteiger partial charge in [0.1, 0.15) is 6.04 Å². The Kier molecular flexibility index (Phi) is 5.80. The first-order valence-electron chi connectivity index (χ1n) is 8.75. The maximum absolute atomic E-state index is 12.7. The Morgan fingerprint density at radius 1 is 1.33 bits per heavy atom. The minimum atomic E-state index is -0.663. The summed E-state index contributed by atoms with van der Waals surface area (Å²) in [6, 6.07) is 2.17. The van der Waals surface area contributed by atoms with E-state index in [1.165, 1.54) is 29.8 Å². The van der Waals surface area contributed by atoms with E-state index >= 15 is 0 Å². The van der Waals surface area contributed by atoms with Crippen LogP contribution >= 0.6 is 0 Å². The van der Waals surface area contributed by atoms with E-state index in [0.717, 1.165) is 0 Å². The van der Waals surface area contributed by atoms with Gasteiger partial charge in [0.2, 0.25) is 11.8 Å². The first-order chi connectivity index (χ1) is 13.1. The minimum Gasteiger partial charge on any atom is -0.459 e. The zero-order valence-electron chi connectivity index (χ0n) is 14.9. The summed E-state index contributed by atoms with van der Waals surface area (Å²) in [6.07, 6.45) is 6.41. The largest absolute Gasteiger partial charge is 0.459 e. The van der Waals surface area contributed by atoms with Crippen LogP contribution in [-0.2, 0) is 16.0 Å². The van der Waals surface area contributed by atoms with Crippen molar-refractivity contribution in [3.05, 3.63) is 48.4 Å². The highest BCUT2D eigenvalue weighted by Crippen LogP contribution is 2.21. The number of nitrogens with zero attached hydrogens (tertiary/aromatic N) is 3. The summed E-state index contributed by atoms with van der Waals surface area (Å²) in [5.41, 5.74) is 0.553. The predicted molar refractivity (Wildman–Crippen MR) is 94.5 cm³/mol. The van der Waals surface area contributed by atoms with Crippen molar-refractivity contribution in [2.24, 2.45) is 0 Å². The van der Waals surface area contributed by atoms with Crippen LogP contribution in [0.3, 0.4) is 0 Å². The van der Waals surface area contributed by atoms with E-state index in [9.17, 15) is 14.4 Å². The molecule has 9 nitrogen and oxygen atoms in total. The molecule has 0 aliphatic carbocycles. The molecule has 0 spiro atoms. The zero-order valence-corrected chi connectivity index (χ0v) is 14.9. The van der Waals surface area contributed by atoms with Gasteiger partial charge in [-0.15, -0.1) is 0 Å². The number of likely N-dealkylation sites (N-methyl/N-ethyl adjacent to an activating group) is 1. The van der Waals surface area contributed by atoms with Crippen LogP contribution in [0.15, 0.2) is 41.4 Å². The predicted octanol–water partition coefficient (Wildman–Crippen LogP) is 0.148. The Morgan fingerprint density at radius 3 is 2.85 bits per heavy atom. The third-order valence-corrected chi connectivity index (χ3v) is 4.27. The molecule has 0 unspecified atom stereocenters. The molecule has 3 amide bonds. The van der Waals surface area contributed by atoms with Crippen molar-refractivity contribution in [1.29, 1.82) is 0 Å². The Balaban J connectivity index is 1.67. The van der Waals surface area contributed by atoms with Crippen LogP contribution in [0, 0.1) is 0 Å². The third kappa shape index (κ3) is 4.49. The molecule has 2 aromatic heterocycles. The van der Waals surface area contributed by atoms with E-state index in [0.29, 0.717) is 18.7 Å². The third-order valence-electron chi connectivity index (χ3n) is 4.27. The molecule has 2 atom stereocenters. The average Bonchev–Trinajstić information content (AvgIpc) is 3.32. The van der Waals surface area contributed by atoms with Gasteiger partial charge in [-0.2, -0.15) is 0 Å². The summed E-state index contributed by atoms with van der Waals surface area (Å²) >= 11 is 0. The maximum atomic E-state index is 12.7. The number of amides is 3. The smallest absolute Gasteiger partial charge is 0.290 e. The summed E-state index contributed by atoms with van der Waals surface area (Å²) in [5.74, 6) is -0.691. The lowest BCUT2D eigenvalue weighted by Gasteiger charge is -2.22. The van der Waals surface area contributed by atoms with Gasteiger partial charge in [-0.25, -0.2) is 0 Å². The van der Waals surface area contributed by atoms with Crippen LogP contribution in [0.4, 0.5) is 0 Å². The van der Waals surface area contributed by atoms with Crippen LogP contribution in [0.25, 0.3) is 0 Å². The fraction of sp³-hybridized carbons (Fsp3) is 0.389. The highest BCUT2D eigenvalue weighted by molar-refractivity contribution is 5.96. The summed E-state index contributed by atoms with van der Waals surface area (Å²) in [6.45, 7) is 2.50. The van der Waals surface area contributed by atoms with E-state index < -0.39 is 6.04 Å². The molecule has 1 saturated heterocycles. The zero-order chi connectivity index (χ0) is 19.2. The van der Waals surface area contributed by atoms with Gasteiger partial charge in [-0.3, -0.25) is 24.4 Å². The number of likely N-dealkylation sites (tertiary alicyclic amines) is 1. The number of carbonyl (C=O) groups is 3. The number of hydrogen-bond donors (Lipinski definition) is 2. The molecule has 0 bridgehead atoms. The summed E-state index contributed by atoms with van der Waals surface area (Å²) in [4.78, 5) is 46.8. The number of aromatic nitrogens is 2. The molecule has 3 heterocycles. The molecule has 27 heavy (non-hydrogen) atoms. The van der Waals surface area contributed by atoms with E-state index in [2.05, 4.69) is 20.6 Å². The van der Waals surface area contributed by atoms with Gasteiger partial charge in [0.25, 0.3) is 5.91 Å². The second-order valence-electron chi connectivity index (χ2n) is 6.22. The van der Waals surface area contributed by atoms with Crippen molar-refractivity contribution < 1.29 is 18.8 Å². The molecule has 0 aromatic carbocycles. The van der Waals surface area contributed by atoms with Crippen molar-refractivity contribution in [3.8, 4) is 0 Å². The normalized spacial score (nSPS) is 18.9. The minimum absolute atomic E-state index is 0.0856. The molecule has 142 valence electrons. The molecular formula is C18H21N5O4. The Morgan fingerprint density at radius 2 is 2.19 bits per heavy atom. The van der Waals surface area contributed by atoms with Crippen LogP contribution in [0.1, 0.15) is 29.6 Å². The van der Waals surface area contributed by atoms with Gasteiger partial charge in [0.05, 0.1) is 18.4 Å². The van der Waals surface area contributed by atoms with Crippen LogP contribution in [-0.4, -0.2) is 57.8 Å². The molecule has 1 aliphatic heterocycles. The SMILES string of the molecule is CCNC(=O)[C@@H]1C[C@@H](NC(=O)Cc2cnccn2)CN1C(=O)c1ccco1. The van der Waals surface area contributed by atoms with Gasteiger partial charge < -0.3 is 20.0 Å². The lowest BCUT2D eigenvalue weighted by Crippen LogP contribution is -2.45. The number of nitrogens with one attached hydrogen (secondary N) is 2. The standard InChI is InChI=1S/C18H21N5O4/c1-2-20-17(25)14-8-13(11-23(14)18(26)15-4-3-7-27-15)22-16(24)9-12-10-19-5-6-21-12/h3-7,10,13-14H,2,8-9,11H2,1H3,(H,20,25)(H,22,24)/t13-,14+/m1/s1. The topological polar surface area (TPSA) is 117 Å². The molecule has 0 radical (unpaired) electrons. The number of carbonyl (C=O) groups excluding carboxylic acids is 3. The highest BCUT2D eigenvalue weighted by Gasteiger charge is 2.41. The monoisotopic (exact) mass is 371 g/mol. The molecule has 2 aromatic rings. The van der Waals surface area contributed by atoms with Gasteiger partial charge >= 0.3 is 0 Å². The van der Waals surface area contributed by atoms with Crippen molar-refractivity contribution in [2.45, 2.75) is 31.8 Å². The fourth-order valence-corrected chi connectivity index (χ4v) is 3.11. The van der Waals surface area contributed by atoms with E-state index in [-0.39, 0.29) is 42.5 Å². The number of furan rings is 1. The summed E-state index contributed by atoms with van der Waals surface area (Å²) in [5, 5.41) is 5.61. The number of hydrogen-bond acceptors (Lipinski definition) is 6. The summed E-state index contributed by atoms with van der Waals surface area (Å²) in [7, 11) is 0. The van der Waals surface area contributed by atoms with Crippen molar-refractivity contribution in [1.82, 2.24) is 25.5 Å². The first-order valence-corrected chi connectivity index (χ1v) is 8.75. The molecule has 1 fully saturated rings. The second kappa shape index (κ2) is 8.43. The maximum Gasteiger partial charge on any atom is 0.290 e. The molecule has 0 saturated carbocycles. The van der Waals surface area contributed by atoms with Crippen LogP contribution < -0.4 is 10.6 Å². The van der Waals surface area contributed by atoms with Crippen molar-refractivity contribution in [3.63, 3.8) is 0 Å². The molecule has 2 N–H and O–H groups in total. The lowest BCUT2D eigenvalue weighted by molar-refractivity contribution is -0.125. The molecule has 9 heteroatoms. The second-order valence-corrected chi connectivity index (χ2v) is 6.22. The Bertz CT molecular complexity index is 793. The number of rotatable bonds is 6. The van der Waals surface area contributed by atoms with Gasteiger partial charge in [0, 0.05) is 37.7 Å². The van der Waals surface area contributed by atoms with E-state index in [4.69, 9.17) is 4.42 Å². The lowest BCUT2D eigenvalue weighted by atomic mass is 10.1.